The molecule has 0 saturated carbocycles. The van der Waals surface area contributed by atoms with Gasteiger partial charge < -0.3 is 4.42 Å². The van der Waals surface area contributed by atoms with Crippen molar-refractivity contribution in [3.63, 3.8) is 0 Å². The van der Waals surface area contributed by atoms with Crippen molar-refractivity contribution in [2.24, 2.45) is 0 Å². The number of aromatic nitrogens is 3. The summed E-state index contributed by atoms with van der Waals surface area (Å²) >= 11 is 0. The van der Waals surface area contributed by atoms with Gasteiger partial charge in [-0.25, -0.2) is 15.0 Å². The van der Waals surface area contributed by atoms with E-state index in [-0.39, 0.29) is 0 Å². The van der Waals surface area contributed by atoms with Gasteiger partial charge in [-0.3, -0.25) is 0 Å². The minimum absolute atomic E-state index is 0.570. The Kier molecular flexibility index (Phi) is 6.52. The molecule has 4 heteroatoms. The topological polar surface area (TPSA) is 51.8 Å². The van der Waals surface area contributed by atoms with E-state index in [4.69, 9.17) is 19.4 Å². The second-order valence-corrected chi connectivity index (χ2v) is 13.5. The fourth-order valence-corrected chi connectivity index (χ4v) is 8.10. The van der Waals surface area contributed by atoms with Crippen LogP contribution in [0.1, 0.15) is 0 Å². The van der Waals surface area contributed by atoms with Crippen LogP contribution >= 0.6 is 0 Å². The van der Waals surface area contributed by atoms with E-state index >= 15 is 0 Å². The van der Waals surface area contributed by atoms with Gasteiger partial charge in [0, 0.05) is 27.5 Å². The normalized spacial score (nSPS) is 11.8. The van der Waals surface area contributed by atoms with E-state index in [1.165, 1.54) is 44.2 Å². The van der Waals surface area contributed by atoms with Crippen molar-refractivity contribution < 1.29 is 4.42 Å². The van der Waals surface area contributed by atoms with Gasteiger partial charge >= 0.3 is 0 Å². The molecule has 0 radical (unpaired) electrons. The van der Waals surface area contributed by atoms with Crippen LogP contribution in [0.4, 0.5) is 0 Å². The molecular weight excluding hydrogens is 647 g/mol. The largest absolute Gasteiger partial charge is 0.455 e. The van der Waals surface area contributed by atoms with Crippen LogP contribution in [0, 0.1) is 0 Å². The number of hydrogen-bond donors (Lipinski definition) is 0. The molecule has 0 spiro atoms. The minimum atomic E-state index is 0.570. The maximum atomic E-state index is 6.49. The zero-order chi connectivity index (χ0) is 34.9. The molecule has 53 heavy (non-hydrogen) atoms. The number of furan rings is 1. The van der Waals surface area contributed by atoms with Crippen LogP contribution in [-0.2, 0) is 0 Å². The summed E-state index contributed by atoms with van der Waals surface area (Å²) < 4.78 is 6.49. The third-order valence-corrected chi connectivity index (χ3v) is 10.5. The van der Waals surface area contributed by atoms with Gasteiger partial charge in [0.1, 0.15) is 11.2 Å². The number of para-hydroxylation sites is 2. The summed E-state index contributed by atoms with van der Waals surface area (Å²) in [6.07, 6.45) is 0. The molecule has 0 bridgehead atoms. The highest BCUT2D eigenvalue weighted by Crippen LogP contribution is 2.54. The summed E-state index contributed by atoms with van der Waals surface area (Å²) in [5.41, 5.74) is 13.8. The number of rotatable bonds is 5. The summed E-state index contributed by atoms with van der Waals surface area (Å²) in [6, 6.07) is 61.6. The maximum Gasteiger partial charge on any atom is 0.167 e. The van der Waals surface area contributed by atoms with Crippen molar-refractivity contribution in [1.29, 1.82) is 0 Å². The van der Waals surface area contributed by atoms with Crippen LogP contribution in [0.5, 0.6) is 0 Å². The Bertz CT molecular complexity index is 3050. The van der Waals surface area contributed by atoms with E-state index < -0.39 is 0 Å². The highest BCUT2D eigenvalue weighted by atomic mass is 16.3. The van der Waals surface area contributed by atoms with Gasteiger partial charge in [-0.1, -0.05) is 152 Å². The first-order valence-electron chi connectivity index (χ1n) is 17.9. The highest BCUT2D eigenvalue weighted by molar-refractivity contribution is 6.21. The van der Waals surface area contributed by atoms with Crippen molar-refractivity contribution in [2.75, 3.05) is 0 Å². The van der Waals surface area contributed by atoms with Crippen molar-refractivity contribution in [3.05, 3.63) is 176 Å². The van der Waals surface area contributed by atoms with E-state index in [2.05, 4.69) is 133 Å². The third kappa shape index (κ3) is 4.66. The standard InChI is InChI=1S/C49H29N3O/c1-3-13-30(14-4-1)33-19-9-20-34(29-33)35-27-28-40(45-39-24-11-18-31-17-10-23-38(43(31)39)44(35)45)48-50-47(32-15-5-2-6-16-32)51-49(52-48)41-25-12-22-37-36-21-7-8-26-42(36)53-46(37)41/h1-29H. The number of hydrogen-bond acceptors (Lipinski definition) is 4. The van der Waals surface area contributed by atoms with Crippen LogP contribution in [0.25, 0.3) is 111 Å². The van der Waals surface area contributed by atoms with E-state index in [0.717, 1.165) is 49.8 Å². The summed E-state index contributed by atoms with van der Waals surface area (Å²) in [7, 11) is 0. The average molecular weight is 676 g/mol. The van der Waals surface area contributed by atoms with Gasteiger partial charge in [-0.2, -0.15) is 0 Å². The highest BCUT2D eigenvalue weighted by Gasteiger charge is 2.29. The van der Waals surface area contributed by atoms with Gasteiger partial charge in [0.25, 0.3) is 0 Å². The second-order valence-electron chi connectivity index (χ2n) is 13.5. The Balaban J connectivity index is 1.19. The molecule has 4 nitrogen and oxygen atoms in total. The molecule has 0 N–H and O–H groups in total. The summed E-state index contributed by atoms with van der Waals surface area (Å²) in [5.74, 6) is 1.80. The van der Waals surface area contributed by atoms with Crippen molar-refractivity contribution in [1.82, 2.24) is 15.0 Å². The minimum Gasteiger partial charge on any atom is -0.455 e. The molecule has 246 valence electrons. The molecule has 11 rings (SSSR count). The summed E-state index contributed by atoms with van der Waals surface area (Å²) in [5, 5.41) is 4.57. The summed E-state index contributed by atoms with van der Waals surface area (Å²) in [6.45, 7) is 0. The second kappa shape index (κ2) is 11.7. The molecule has 10 aromatic rings. The van der Waals surface area contributed by atoms with Gasteiger partial charge in [-0.05, 0) is 74.0 Å². The van der Waals surface area contributed by atoms with Crippen molar-refractivity contribution in [3.8, 4) is 78.7 Å². The molecule has 8 aromatic carbocycles. The zero-order valence-electron chi connectivity index (χ0n) is 28.5. The Morgan fingerprint density at radius 1 is 0.340 bits per heavy atom. The first-order chi connectivity index (χ1) is 26.3. The smallest absolute Gasteiger partial charge is 0.167 e. The lowest BCUT2D eigenvalue weighted by molar-refractivity contribution is 0.669. The monoisotopic (exact) mass is 675 g/mol. The molecule has 0 atom stereocenters. The molecule has 2 heterocycles. The van der Waals surface area contributed by atoms with Gasteiger partial charge in [0.05, 0.1) is 5.56 Å². The Morgan fingerprint density at radius 3 is 1.68 bits per heavy atom. The molecule has 1 aliphatic rings. The Labute approximate surface area is 305 Å². The molecule has 0 fully saturated rings. The molecule has 0 aliphatic heterocycles. The number of nitrogens with zero attached hydrogens (tertiary/aromatic N) is 3. The zero-order valence-corrected chi connectivity index (χ0v) is 28.5. The third-order valence-electron chi connectivity index (χ3n) is 10.5. The lowest BCUT2D eigenvalue weighted by Gasteiger charge is -2.16. The predicted molar refractivity (Wildman–Crippen MR) is 216 cm³/mol. The first-order valence-corrected chi connectivity index (χ1v) is 17.9. The van der Waals surface area contributed by atoms with Gasteiger partial charge in [0.15, 0.2) is 17.5 Å². The van der Waals surface area contributed by atoms with E-state index in [1.807, 2.05) is 42.5 Å². The fraction of sp³-hybridized carbons (Fsp3) is 0. The van der Waals surface area contributed by atoms with E-state index in [1.54, 1.807) is 0 Å². The van der Waals surface area contributed by atoms with Crippen LogP contribution in [0.2, 0.25) is 0 Å². The van der Waals surface area contributed by atoms with Gasteiger partial charge in [-0.15, -0.1) is 0 Å². The van der Waals surface area contributed by atoms with Crippen molar-refractivity contribution >= 4 is 32.7 Å². The Morgan fingerprint density at radius 2 is 0.887 bits per heavy atom. The van der Waals surface area contributed by atoms with Crippen LogP contribution < -0.4 is 0 Å². The summed E-state index contributed by atoms with van der Waals surface area (Å²) in [4.78, 5) is 15.6. The molecule has 0 amide bonds. The van der Waals surface area contributed by atoms with Crippen LogP contribution in [0.3, 0.4) is 0 Å². The molecule has 0 saturated heterocycles. The van der Waals surface area contributed by atoms with Crippen molar-refractivity contribution in [2.45, 2.75) is 0 Å². The predicted octanol–water partition coefficient (Wildman–Crippen LogP) is 12.9. The van der Waals surface area contributed by atoms with E-state index in [9.17, 15) is 0 Å². The molecular formula is C49H29N3O. The first kappa shape index (κ1) is 29.5. The lowest BCUT2D eigenvalue weighted by Crippen LogP contribution is -2.01. The Hall–Kier alpha value is -7.17. The maximum absolute atomic E-state index is 6.49. The van der Waals surface area contributed by atoms with E-state index in [0.29, 0.717) is 17.5 Å². The number of benzene rings is 8. The molecule has 0 unspecified atom stereocenters. The average Bonchev–Trinajstić information content (AvgIpc) is 3.79. The lowest BCUT2D eigenvalue weighted by atomic mass is 9.89. The van der Waals surface area contributed by atoms with Crippen LogP contribution in [0.15, 0.2) is 180 Å². The van der Waals surface area contributed by atoms with Crippen LogP contribution in [-0.4, -0.2) is 15.0 Å². The molecule has 2 aromatic heterocycles. The van der Waals surface area contributed by atoms with Gasteiger partial charge in [0.2, 0.25) is 0 Å². The fourth-order valence-electron chi connectivity index (χ4n) is 8.10. The SMILES string of the molecule is c1ccc(-c2cccc(-c3ccc(-c4nc(-c5ccccc5)nc(-c5cccc6c5oc5ccccc56)n4)c4c3-c3cccc5cccc-4c35)c2)cc1. The molecule has 1 aliphatic carbocycles. The quantitative estimate of drug-likeness (QED) is 0.182. The number of fused-ring (bicyclic) bond motifs is 6.